The van der Waals surface area contributed by atoms with Crippen molar-refractivity contribution in [1.29, 1.82) is 0 Å². The predicted molar refractivity (Wildman–Crippen MR) is 118 cm³/mol. The number of aryl methyl sites for hydroxylation is 1. The van der Waals surface area contributed by atoms with Crippen molar-refractivity contribution in [1.82, 2.24) is 0 Å². The molecule has 0 aliphatic rings. The van der Waals surface area contributed by atoms with E-state index in [1.807, 2.05) is 36.4 Å². The summed E-state index contributed by atoms with van der Waals surface area (Å²) in [4.78, 5) is 0. The van der Waals surface area contributed by atoms with Gasteiger partial charge in [-0.3, -0.25) is 0 Å². The lowest BCUT2D eigenvalue weighted by atomic mass is 10.1. The van der Waals surface area contributed by atoms with E-state index in [-0.39, 0.29) is 0 Å². The SMILES string of the molecule is CCCCOc1ccc(C=CC#CC=Cc2ccc(CCCC)cc2)cc1. The summed E-state index contributed by atoms with van der Waals surface area (Å²) in [7, 11) is 0. The second kappa shape index (κ2) is 12.6. The van der Waals surface area contributed by atoms with Gasteiger partial charge in [-0.1, -0.05) is 74.9 Å². The molecule has 0 aromatic heterocycles. The first-order chi connectivity index (χ1) is 13.3. The fraction of sp³-hybridized carbons (Fsp3) is 0.308. The highest BCUT2D eigenvalue weighted by molar-refractivity contribution is 5.56. The Bertz CT molecular complexity index is 768. The van der Waals surface area contributed by atoms with E-state index in [0.29, 0.717) is 0 Å². The van der Waals surface area contributed by atoms with Gasteiger partial charge >= 0.3 is 0 Å². The largest absolute Gasteiger partial charge is 0.494 e. The molecule has 0 amide bonds. The summed E-state index contributed by atoms with van der Waals surface area (Å²) in [6.45, 7) is 5.17. The van der Waals surface area contributed by atoms with Crippen molar-refractivity contribution in [3.8, 4) is 17.6 Å². The van der Waals surface area contributed by atoms with E-state index in [0.717, 1.165) is 37.2 Å². The van der Waals surface area contributed by atoms with Crippen molar-refractivity contribution in [2.24, 2.45) is 0 Å². The molecule has 27 heavy (non-hydrogen) atoms. The number of hydrogen-bond donors (Lipinski definition) is 0. The van der Waals surface area contributed by atoms with Gasteiger partial charge in [-0.15, -0.1) is 0 Å². The minimum absolute atomic E-state index is 0.783. The van der Waals surface area contributed by atoms with E-state index in [9.17, 15) is 0 Å². The lowest BCUT2D eigenvalue weighted by Gasteiger charge is -2.04. The van der Waals surface area contributed by atoms with Crippen molar-refractivity contribution in [3.63, 3.8) is 0 Å². The van der Waals surface area contributed by atoms with Gasteiger partial charge in [0.1, 0.15) is 5.75 Å². The number of benzene rings is 2. The normalized spacial score (nSPS) is 10.9. The smallest absolute Gasteiger partial charge is 0.119 e. The first-order valence-electron chi connectivity index (χ1n) is 9.97. The summed E-state index contributed by atoms with van der Waals surface area (Å²) < 4.78 is 5.67. The van der Waals surface area contributed by atoms with Crippen molar-refractivity contribution >= 4 is 12.2 Å². The molecule has 0 saturated heterocycles. The third-order valence-corrected chi connectivity index (χ3v) is 4.25. The lowest BCUT2D eigenvalue weighted by Crippen LogP contribution is -1.95. The zero-order valence-corrected chi connectivity index (χ0v) is 16.6. The van der Waals surface area contributed by atoms with Gasteiger partial charge in [0.15, 0.2) is 0 Å². The molecular weight excluding hydrogens is 328 g/mol. The van der Waals surface area contributed by atoms with Gasteiger partial charge in [-0.2, -0.15) is 0 Å². The van der Waals surface area contributed by atoms with E-state index >= 15 is 0 Å². The first kappa shape index (κ1) is 20.6. The molecule has 2 rings (SSSR count). The monoisotopic (exact) mass is 358 g/mol. The van der Waals surface area contributed by atoms with Crippen LogP contribution in [-0.2, 0) is 6.42 Å². The molecule has 0 aliphatic heterocycles. The van der Waals surface area contributed by atoms with Crippen LogP contribution >= 0.6 is 0 Å². The minimum atomic E-state index is 0.783. The maximum atomic E-state index is 5.67. The average Bonchev–Trinajstić information content (AvgIpc) is 2.71. The van der Waals surface area contributed by atoms with Crippen LogP contribution < -0.4 is 4.74 Å². The Hall–Kier alpha value is -2.72. The number of rotatable bonds is 9. The highest BCUT2D eigenvalue weighted by Crippen LogP contribution is 2.13. The zero-order chi connectivity index (χ0) is 19.2. The third-order valence-electron chi connectivity index (χ3n) is 4.25. The average molecular weight is 359 g/mol. The molecule has 2 aromatic rings. The molecule has 0 aliphatic carbocycles. The topological polar surface area (TPSA) is 9.23 Å². The molecule has 0 unspecified atom stereocenters. The van der Waals surface area contributed by atoms with Crippen molar-refractivity contribution < 1.29 is 4.74 Å². The van der Waals surface area contributed by atoms with Crippen molar-refractivity contribution in [2.45, 2.75) is 46.0 Å². The van der Waals surface area contributed by atoms with Gasteiger partial charge in [0.25, 0.3) is 0 Å². The van der Waals surface area contributed by atoms with E-state index in [1.54, 1.807) is 0 Å². The van der Waals surface area contributed by atoms with E-state index < -0.39 is 0 Å². The maximum absolute atomic E-state index is 5.67. The van der Waals surface area contributed by atoms with Crippen LogP contribution in [0.5, 0.6) is 5.75 Å². The minimum Gasteiger partial charge on any atom is -0.494 e. The summed E-state index contributed by atoms with van der Waals surface area (Å²) in [5.74, 6) is 7.03. The first-order valence-corrected chi connectivity index (χ1v) is 9.97. The Balaban J connectivity index is 1.79. The maximum Gasteiger partial charge on any atom is 0.119 e. The Morgan fingerprint density at radius 1 is 0.741 bits per heavy atom. The standard InChI is InChI=1S/C26H30O/c1-3-5-11-23-14-16-24(17-15-23)12-9-7-8-10-13-25-18-20-26(21-19-25)27-22-6-4-2/h9-10,12-21H,3-6,11,22H2,1-2H3. The van der Waals surface area contributed by atoms with Gasteiger partial charge in [0, 0.05) is 0 Å². The van der Waals surface area contributed by atoms with E-state index in [1.165, 1.54) is 24.0 Å². The second-order valence-corrected chi connectivity index (χ2v) is 6.57. The zero-order valence-electron chi connectivity index (χ0n) is 16.6. The summed E-state index contributed by atoms with van der Waals surface area (Å²) in [6, 6.07) is 16.8. The summed E-state index contributed by atoms with van der Waals surface area (Å²) in [5, 5.41) is 0. The molecule has 1 heteroatoms. The highest BCUT2D eigenvalue weighted by atomic mass is 16.5. The van der Waals surface area contributed by atoms with Crippen LogP contribution in [-0.4, -0.2) is 6.61 Å². The van der Waals surface area contributed by atoms with Crippen molar-refractivity contribution in [2.75, 3.05) is 6.61 Å². The van der Waals surface area contributed by atoms with Gasteiger partial charge in [0.2, 0.25) is 0 Å². The number of unbranched alkanes of at least 4 members (excludes halogenated alkanes) is 2. The molecule has 2 aromatic carbocycles. The van der Waals surface area contributed by atoms with E-state index in [4.69, 9.17) is 4.74 Å². The van der Waals surface area contributed by atoms with Gasteiger partial charge < -0.3 is 4.74 Å². The van der Waals surface area contributed by atoms with Crippen LogP contribution in [0.2, 0.25) is 0 Å². The van der Waals surface area contributed by atoms with Crippen LogP contribution in [0.1, 0.15) is 56.2 Å². The Morgan fingerprint density at radius 3 is 1.85 bits per heavy atom. The number of hydrogen-bond acceptors (Lipinski definition) is 1. The van der Waals surface area contributed by atoms with Gasteiger partial charge in [0.05, 0.1) is 6.61 Å². The molecule has 0 N–H and O–H groups in total. The quantitative estimate of drug-likeness (QED) is 0.348. The predicted octanol–water partition coefficient (Wildman–Crippen LogP) is 6.94. The van der Waals surface area contributed by atoms with Gasteiger partial charge in [-0.05, 0) is 72.4 Å². The molecule has 0 radical (unpaired) electrons. The summed E-state index contributed by atoms with van der Waals surface area (Å²) in [5.41, 5.74) is 3.72. The van der Waals surface area contributed by atoms with E-state index in [2.05, 4.69) is 62.1 Å². The van der Waals surface area contributed by atoms with Crippen LogP contribution in [0.15, 0.2) is 60.7 Å². The molecule has 140 valence electrons. The summed E-state index contributed by atoms with van der Waals surface area (Å²) in [6.07, 6.45) is 13.7. The molecule has 0 bridgehead atoms. The molecule has 0 fully saturated rings. The van der Waals surface area contributed by atoms with Crippen LogP contribution in [0.3, 0.4) is 0 Å². The molecule has 0 atom stereocenters. The Morgan fingerprint density at radius 2 is 1.30 bits per heavy atom. The molecule has 0 spiro atoms. The highest BCUT2D eigenvalue weighted by Gasteiger charge is 1.93. The lowest BCUT2D eigenvalue weighted by molar-refractivity contribution is 0.309. The Kier molecular flexibility index (Phi) is 9.61. The van der Waals surface area contributed by atoms with Crippen molar-refractivity contribution in [3.05, 3.63) is 77.4 Å². The summed E-state index contributed by atoms with van der Waals surface area (Å²) >= 11 is 0. The fourth-order valence-electron chi connectivity index (χ4n) is 2.56. The number of allylic oxidation sites excluding steroid dienone is 2. The van der Waals surface area contributed by atoms with Gasteiger partial charge in [-0.25, -0.2) is 0 Å². The molecule has 1 nitrogen and oxygen atoms in total. The van der Waals surface area contributed by atoms with Crippen LogP contribution in [0.25, 0.3) is 12.2 Å². The number of ether oxygens (including phenoxy) is 1. The Labute approximate surface area is 164 Å². The third kappa shape index (κ3) is 8.47. The second-order valence-electron chi connectivity index (χ2n) is 6.57. The molecule has 0 saturated carbocycles. The molecule has 0 heterocycles. The van der Waals surface area contributed by atoms with Crippen LogP contribution in [0, 0.1) is 11.8 Å². The molecular formula is C26H30O. The fourth-order valence-corrected chi connectivity index (χ4v) is 2.56. The van der Waals surface area contributed by atoms with Crippen LogP contribution in [0.4, 0.5) is 0 Å².